The van der Waals surface area contributed by atoms with Gasteiger partial charge in [-0.25, -0.2) is 0 Å². The molecular weight excluding hydrogens is 306 g/mol. The van der Waals surface area contributed by atoms with Crippen molar-refractivity contribution >= 4 is 0 Å². The Morgan fingerprint density at radius 3 is 2.00 bits per heavy atom. The Morgan fingerprint density at radius 1 is 0.880 bits per heavy atom. The Balaban J connectivity index is 1.89. The predicted molar refractivity (Wildman–Crippen MR) is 100 cm³/mol. The summed E-state index contributed by atoms with van der Waals surface area (Å²) in [4.78, 5) is 2.35. The summed E-state index contributed by atoms with van der Waals surface area (Å²) in [5, 5.41) is 0. The van der Waals surface area contributed by atoms with Crippen LogP contribution < -0.4 is 0 Å². The van der Waals surface area contributed by atoms with E-state index >= 15 is 0 Å². The summed E-state index contributed by atoms with van der Waals surface area (Å²) in [6.07, 6.45) is 0. The van der Waals surface area contributed by atoms with Gasteiger partial charge in [0.05, 0.1) is 7.95 Å². The van der Waals surface area contributed by atoms with Gasteiger partial charge in [-0.15, -0.1) is 0 Å². The number of hydrogen-bond acceptors (Lipinski definition) is 2. The molecule has 2 nitrogen and oxygen atoms in total. The highest BCUT2D eigenvalue weighted by Gasteiger charge is 2.51. The number of nitrogens with zero attached hydrogens (tertiary/aromatic N) is 1. The zero-order valence-corrected chi connectivity index (χ0v) is 14.2. The molecule has 1 aliphatic heterocycles. The molecule has 5 rings (SSSR count). The van der Waals surface area contributed by atoms with Gasteiger partial charge in [0.1, 0.15) is 12.3 Å². The van der Waals surface area contributed by atoms with Crippen molar-refractivity contribution in [3.05, 3.63) is 95.6 Å². The van der Waals surface area contributed by atoms with Crippen LogP contribution in [0.5, 0.6) is 0 Å². The molecule has 124 valence electrons. The SMILES string of the molecule is [2H][C@@H]1OCN(C2(c3ccccc3)c3ccccc3-c3ccccc32)[C@H]1C. The largest absolute Gasteiger partial charge is 0.364 e. The van der Waals surface area contributed by atoms with Gasteiger partial charge in [0.25, 0.3) is 0 Å². The molecule has 0 spiro atoms. The van der Waals surface area contributed by atoms with Gasteiger partial charge in [-0.2, -0.15) is 0 Å². The normalized spacial score (nSPS) is 24.6. The summed E-state index contributed by atoms with van der Waals surface area (Å²) < 4.78 is 14.0. The lowest BCUT2D eigenvalue weighted by Gasteiger charge is -2.42. The summed E-state index contributed by atoms with van der Waals surface area (Å²) in [5.41, 5.74) is 5.89. The summed E-state index contributed by atoms with van der Waals surface area (Å²) in [6, 6.07) is 27.9. The molecule has 2 atom stereocenters. The smallest absolute Gasteiger partial charge is 0.101 e. The van der Waals surface area contributed by atoms with Crippen molar-refractivity contribution in [3.63, 3.8) is 0 Å². The van der Waals surface area contributed by atoms with Crippen LogP contribution in [0.15, 0.2) is 78.9 Å². The minimum absolute atomic E-state index is 0.00517. The van der Waals surface area contributed by atoms with Crippen LogP contribution in [-0.2, 0) is 10.3 Å². The summed E-state index contributed by atoms with van der Waals surface area (Å²) >= 11 is 0. The van der Waals surface area contributed by atoms with E-state index < -0.39 is 12.1 Å². The summed E-state index contributed by atoms with van der Waals surface area (Å²) in [6.45, 7) is 2.02. The summed E-state index contributed by atoms with van der Waals surface area (Å²) in [7, 11) is 0. The van der Waals surface area contributed by atoms with E-state index in [1.54, 1.807) is 0 Å². The van der Waals surface area contributed by atoms with E-state index in [1.165, 1.54) is 27.8 Å². The molecule has 3 aromatic carbocycles. The quantitative estimate of drug-likeness (QED) is 0.680. The Labute approximate surface area is 150 Å². The molecule has 0 saturated carbocycles. The highest BCUT2D eigenvalue weighted by molar-refractivity contribution is 5.83. The Morgan fingerprint density at radius 2 is 1.44 bits per heavy atom. The lowest BCUT2D eigenvalue weighted by molar-refractivity contribution is 0.0871. The fourth-order valence-corrected chi connectivity index (χ4v) is 4.53. The highest BCUT2D eigenvalue weighted by atomic mass is 16.5. The second kappa shape index (κ2) is 5.55. The van der Waals surface area contributed by atoms with E-state index in [4.69, 9.17) is 6.11 Å². The molecule has 0 radical (unpaired) electrons. The van der Waals surface area contributed by atoms with Crippen molar-refractivity contribution in [1.82, 2.24) is 4.90 Å². The van der Waals surface area contributed by atoms with Crippen molar-refractivity contribution in [2.75, 3.05) is 13.3 Å². The van der Waals surface area contributed by atoms with Crippen LogP contribution in [0.2, 0.25) is 0 Å². The number of rotatable bonds is 2. The van der Waals surface area contributed by atoms with Gasteiger partial charge >= 0.3 is 0 Å². The number of fused-ring (bicyclic) bond motifs is 3. The maximum absolute atomic E-state index is 8.29. The van der Waals surface area contributed by atoms with Crippen LogP contribution in [0.25, 0.3) is 11.1 Å². The van der Waals surface area contributed by atoms with E-state index in [0.717, 1.165) is 0 Å². The lowest BCUT2D eigenvalue weighted by atomic mass is 9.78. The molecule has 2 aliphatic rings. The van der Waals surface area contributed by atoms with E-state index in [0.29, 0.717) is 6.73 Å². The maximum Gasteiger partial charge on any atom is 0.101 e. The van der Waals surface area contributed by atoms with Crippen molar-refractivity contribution < 1.29 is 6.11 Å². The Bertz CT molecular complexity index is 910. The van der Waals surface area contributed by atoms with Crippen molar-refractivity contribution in [2.45, 2.75) is 18.5 Å². The molecule has 0 bridgehead atoms. The average Bonchev–Trinajstić information content (AvgIpc) is 3.19. The second-order valence-corrected chi connectivity index (χ2v) is 6.81. The number of ether oxygens (including phenoxy) is 1. The molecule has 0 aromatic heterocycles. The van der Waals surface area contributed by atoms with E-state index in [-0.39, 0.29) is 6.04 Å². The van der Waals surface area contributed by atoms with Gasteiger partial charge in [-0.1, -0.05) is 78.9 Å². The third-order valence-electron chi connectivity index (χ3n) is 5.54. The first-order chi connectivity index (χ1) is 12.7. The van der Waals surface area contributed by atoms with Crippen LogP contribution >= 0.6 is 0 Å². The molecule has 1 saturated heterocycles. The van der Waals surface area contributed by atoms with Crippen molar-refractivity contribution in [2.24, 2.45) is 0 Å². The fourth-order valence-electron chi connectivity index (χ4n) is 4.53. The molecule has 0 amide bonds. The van der Waals surface area contributed by atoms with Crippen LogP contribution in [0, 0.1) is 0 Å². The first-order valence-corrected chi connectivity index (χ1v) is 8.80. The molecule has 25 heavy (non-hydrogen) atoms. The van der Waals surface area contributed by atoms with E-state index in [9.17, 15) is 0 Å². The highest BCUT2D eigenvalue weighted by Crippen LogP contribution is 2.55. The van der Waals surface area contributed by atoms with Gasteiger partial charge in [0, 0.05) is 6.04 Å². The molecule has 0 N–H and O–H groups in total. The number of hydrogen-bond donors (Lipinski definition) is 0. The first-order valence-electron chi connectivity index (χ1n) is 9.38. The third kappa shape index (κ3) is 1.92. The maximum atomic E-state index is 8.29. The topological polar surface area (TPSA) is 12.5 Å². The molecule has 1 heterocycles. The molecule has 1 aliphatic carbocycles. The van der Waals surface area contributed by atoms with Gasteiger partial charge in [0.15, 0.2) is 0 Å². The monoisotopic (exact) mass is 328 g/mol. The molecule has 3 aromatic rings. The first kappa shape index (κ1) is 13.8. The van der Waals surface area contributed by atoms with Crippen molar-refractivity contribution in [1.29, 1.82) is 0 Å². The van der Waals surface area contributed by atoms with E-state index in [2.05, 4.69) is 90.7 Å². The Kier molecular flexibility index (Phi) is 3.07. The van der Waals surface area contributed by atoms with Crippen LogP contribution in [0.1, 0.15) is 25.0 Å². The zero-order chi connectivity index (χ0) is 17.7. The van der Waals surface area contributed by atoms with E-state index in [1.807, 2.05) is 0 Å². The fraction of sp³-hybridized carbons (Fsp3) is 0.217. The molecule has 1 fully saturated rings. The minimum Gasteiger partial charge on any atom is -0.364 e. The molecule has 0 unspecified atom stereocenters. The second-order valence-electron chi connectivity index (χ2n) is 6.81. The van der Waals surface area contributed by atoms with Gasteiger partial charge in [0.2, 0.25) is 0 Å². The number of benzene rings is 3. The average molecular weight is 328 g/mol. The van der Waals surface area contributed by atoms with Gasteiger partial charge in [-0.3, -0.25) is 4.90 Å². The predicted octanol–water partition coefficient (Wildman–Crippen LogP) is 4.64. The lowest BCUT2D eigenvalue weighted by Crippen LogP contribution is -2.48. The minimum atomic E-state index is -0.532. The van der Waals surface area contributed by atoms with Crippen LogP contribution in [0.4, 0.5) is 0 Å². The van der Waals surface area contributed by atoms with Crippen LogP contribution in [-0.4, -0.2) is 24.3 Å². The van der Waals surface area contributed by atoms with Gasteiger partial charge in [-0.05, 0) is 34.7 Å². The third-order valence-corrected chi connectivity index (χ3v) is 5.54. The van der Waals surface area contributed by atoms with Crippen molar-refractivity contribution in [3.8, 4) is 11.1 Å². The standard InChI is InChI=1S/C23H21NO/c1-17-15-25-16-24(17)23(18-9-3-2-4-10-18)21-13-7-5-11-19(21)20-12-6-8-14-22(20)23/h2-14,17H,15-16H2,1H3/t17-/m0/s1/i15D/t15-,17-. The molecule has 2 heteroatoms. The summed E-state index contributed by atoms with van der Waals surface area (Å²) in [5.74, 6) is 0. The van der Waals surface area contributed by atoms with Gasteiger partial charge < -0.3 is 4.74 Å². The van der Waals surface area contributed by atoms with Crippen LogP contribution in [0.3, 0.4) is 0 Å². The molecular formula is C23H21NO. The zero-order valence-electron chi connectivity index (χ0n) is 15.2. The Hall–Kier alpha value is -2.42.